The topological polar surface area (TPSA) is 46.3 Å². The Balaban J connectivity index is 1.77. The maximum atomic E-state index is 12.6. The number of nitrogens with two attached hydrogens (primary N) is 1. The second-order valence-electron chi connectivity index (χ2n) is 6.01. The fourth-order valence-electron chi connectivity index (χ4n) is 3.57. The first-order chi connectivity index (χ1) is 9.16. The number of hydrogen-bond donors (Lipinski definition) is 1. The number of carbonyl (C=O) groups is 1. The van der Waals surface area contributed by atoms with Gasteiger partial charge in [-0.25, -0.2) is 0 Å². The second-order valence-corrected chi connectivity index (χ2v) is 6.01. The van der Waals surface area contributed by atoms with E-state index >= 15 is 0 Å². The van der Waals surface area contributed by atoms with Crippen LogP contribution < -0.4 is 5.73 Å². The average molecular weight is 258 g/mol. The van der Waals surface area contributed by atoms with E-state index in [-0.39, 0.29) is 5.92 Å². The monoisotopic (exact) mass is 258 g/mol. The molecule has 2 aliphatic rings. The molecule has 3 rings (SSSR count). The lowest BCUT2D eigenvalue weighted by molar-refractivity contribution is -0.137. The maximum absolute atomic E-state index is 12.6. The van der Waals surface area contributed by atoms with Crippen molar-refractivity contribution < 1.29 is 4.79 Å². The van der Waals surface area contributed by atoms with E-state index in [4.69, 9.17) is 5.73 Å². The van der Waals surface area contributed by atoms with Crippen molar-refractivity contribution >= 4 is 11.6 Å². The number of benzene rings is 1. The van der Waals surface area contributed by atoms with Crippen molar-refractivity contribution in [2.45, 2.75) is 39.2 Å². The van der Waals surface area contributed by atoms with E-state index in [1.165, 1.54) is 24.0 Å². The Bertz CT molecular complexity index is 498. The quantitative estimate of drug-likeness (QED) is 0.787. The van der Waals surface area contributed by atoms with Crippen molar-refractivity contribution in [2.75, 3.05) is 12.3 Å². The van der Waals surface area contributed by atoms with Gasteiger partial charge in [-0.05, 0) is 42.4 Å². The summed E-state index contributed by atoms with van der Waals surface area (Å²) < 4.78 is 0. The Hall–Kier alpha value is -1.51. The molecule has 0 spiro atoms. The summed E-state index contributed by atoms with van der Waals surface area (Å²) >= 11 is 0. The summed E-state index contributed by atoms with van der Waals surface area (Å²) in [5.74, 6) is 1.16. The van der Waals surface area contributed by atoms with Crippen LogP contribution in [0.4, 0.5) is 5.69 Å². The number of nitrogens with zero attached hydrogens (tertiary/aromatic N) is 1. The Labute approximate surface area is 114 Å². The van der Waals surface area contributed by atoms with Crippen LogP contribution >= 0.6 is 0 Å². The molecule has 1 fully saturated rings. The van der Waals surface area contributed by atoms with Crippen LogP contribution in [0.5, 0.6) is 0 Å². The molecule has 1 amide bonds. The lowest BCUT2D eigenvalue weighted by Crippen LogP contribution is -2.40. The number of hydrogen-bond acceptors (Lipinski definition) is 2. The van der Waals surface area contributed by atoms with Crippen molar-refractivity contribution in [2.24, 2.45) is 11.8 Å². The van der Waals surface area contributed by atoms with Crippen molar-refractivity contribution in [3.63, 3.8) is 0 Å². The molecule has 2 unspecified atom stereocenters. The highest BCUT2D eigenvalue weighted by molar-refractivity contribution is 5.80. The number of amides is 1. The van der Waals surface area contributed by atoms with Gasteiger partial charge in [-0.15, -0.1) is 0 Å². The Morgan fingerprint density at radius 1 is 1.37 bits per heavy atom. The molecule has 2 atom stereocenters. The zero-order chi connectivity index (χ0) is 13.4. The normalized spacial score (nSPS) is 26.3. The van der Waals surface area contributed by atoms with Gasteiger partial charge in [0.25, 0.3) is 0 Å². The summed E-state index contributed by atoms with van der Waals surface area (Å²) in [5.41, 5.74) is 9.35. The first-order valence-corrected chi connectivity index (χ1v) is 7.32. The van der Waals surface area contributed by atoms with E-state index in [2.05, 4.69) is 13.0 Å². The lowest BCUT2D eigenvalue weighted by Gasteiger charge is -2.32. The molecule has 3 nitrogen and oxygen atoms in total. The highest BCUT2D eigenvalue weighted by Crippen LogP contribution is 2.34. The third-order valence-electron chi connectivity index (χ3n) is 4.79. The summed E-state index contributed by atoms with van der Waals surface area (Å²) in [6.07, 6.45) is 4.37. The molecule has 1 saturated carbocycles. The molecule has 1 heterocycles. The number of fused-ring (bicyclic) bond motifs is 1. The highest BCUT2D eigenvalue weighted by Gasteiger charge is 2.34. The first-order valence-electron chi connectivity index (χ1n) is 7.32. The van der Waals surface area contributed by atoms with E-state index in [1.807, 2.05) is 17.0 Å². The predicted molar refractivity (Wildman–Crippen MR) is 76.5 cm³/mol. The van der Waals surface area contributed by atoms with E-state index in [0.29, 0.717) is 11.8 Å². The van der Waals surface area contributed by atoms with Crippen LogP contribution in [-0.4, -0.2) is 17.4 Å². The minimum atomic E-state index is 0.252. The maximum Gasteiger partial charge on any atom is 0.226 e. The van der Waals surface area contributed by atoms with Crippen LogP contribution in [0.2, 0.25) is 0 Å². The number of carbonyl (C=O) groups excluding carboxylic acids is 1. The summed E-state index contributed by atoms with van der Waals surface area (Å²) in [5, 5.41) is 0. The van der Waals surface area contributed by atoms with Crippen molar-refractivity contribution in [1.29, 1.82) is 0 Å². The molecule has 102 valence electrons. The molecular weight excluding hydrogens is 236 g/mol. The molecular formula is C16H22N2O. The molecule has 19 heavy (non-hydrogen) atoms. The van der Waals surface area contributed by atoms with Gasteiger partial charge >= 0.3 is 0 Å². The van der Waals surface area contributed by atoms with E-state index in [0.717, 1.165) is 31.6 Å². The standard InChI is InChI=1S/C16H22N2O/c1-11-4-2-6-13(11)16(19)18-9-8-14-12(10-18)5-3-7-15(14)17/h3,5,7,11,13H,2,4,6,8-10,17H2,1H3. The molecule has 1 aromatic carbocycles. The first kappa shape index (κ1) is 12.5. The summed E-state index contributed by atoms with van der Waals surface area (Å²) in [4.78, 5) is 14.6. The molecule has 2 N–H and O–H groups in total. The molecule has 0 radical (unpaired) electrons. The van der Waals surface area contributed by atoms with Crippen LogP contribution in [0.25, 0.3) is 0 Å². The average Bonchev–Trinajstić information content (AvgIpc) is 2.84. The summed E-state index contributed by atoms with van der Waals surface area (Å²) in [6.45, 7) is 3.77. The number of nitrogen functional groups attached to an aromatic ring is 1. The smallest absolute Gasteiger partial charge is 0.226 e. The zero-order valence-electron chi connectivity index (χ0n) is 11.6. The second kappa shape index (κ2) is 4.87. The van der Waals surface area contributed by atoms with Gasteiger partial charge in [-0.3, -0.25) is 4.79 Å². The Morgan fingerprint density at radius 3 is 2.95 bits per heavy atom. The SMILES string of the molecule is CC1CCCC1C(=O)N1CCc2c(N)cccc2C1. The van der Waals surface area contributed by atoms with Crippen LogP contribution in [-0.2, 0) is 17.8 Å². The fraction of sp³-hybridized carbons (Fsp3) is 0.562. The third-order valence-corrected chi connectivity index (χ3v) is 4.79. The Kier molecular flexibility index (Phi) is 3.21. The number of rotatable bonds is 1. The van der Waals surface area contributed by atoms with Gasteiger partial charge in [0.15, 0.2) is 0 Å². The van der Waals surface area contributed by atoms with Gasteiger partial charge in [0, 0.05) is 24.7 Å². The number of anilines is 1. The summed E-state index contributed by atoms with van der Waals surface area (Å²) in [7, 11) is 0. The van der Waals surface area contributed by atoms with Gasteiger partial charge < -0.3 is 10.6 Å². The molecule has 0 saturated heterocycles. The van der Waals surface area contributed by atoms with Gasteiger partial charge in [0.1, 0.15) is 0 Å². The van der Waals surface area contributed by atoms with Gasteiger partial charge in [0.05, 0.1) is 0 Å². The van der Waals surface area contributed by atoms with Crippen LogP contribution in [0, 0.1) is 11.8 Å². The predicted octanol–water partition coefficient (Wildman–Crippen LogP) is 2.59. The Morgan fingerprint density at radius 2 is 2.21 bits per heavy atom. The van der Waals surface area contributed by atoms with E-state index < -0.39 is 0 Å². The third kappa shape index (κ3) is 2.22. The molecule has 1 aliphatic carbocycles. The molecule has 0 bridgehead atoms. The minimum Gasteiger partial charge on any atom is -0.398 e. The van der Waals surface area contributed by atoms with Gasteiger partial charge in [-0.2, -0.15) is 0 Å². The van der Waals surface area contributed by atoms with Crippen LogP contribution in [0.3, 0.4) is 0 Å². The fourth-order valence-corrected chi connectivity index (χ4v) is 3.57. The van der Waals surface area contributed by atoms with Crippen LogP contribution in [0.15, 0.2) is 18.2 Å². The van der Waals surface area contributed by atoms with Gasteiger partial charge in [0.2, 0.25) is 5.91 Å². The summed E-state index contributed by atoms with van der Waals surface area (Å²) in [6, 6.07) is 6.04. The lowest BCUT2D eigenvalue weighted by atomic mass is 9.93. The van der Waals surface area contributed by atoms with Crippen LogP contribution in [0.1, 0.15) is 37.3 Å². The largest absolute Gasteiger partial charge is 0.398 e. The zero-order valence-corrected chi connectivity index (χ0v) is 11.6. The molecule has 1 aromatic rings. The van der Waals surface area contributed by atoms with E-state index in [9.17, 15) is 4.79 Å². The molecule has 0 aromatic heterocycles. The minimum absolute atomic E-state index is 0.252. The van der Waals surface area contributed by atoms with Crippen molar-refractivity contribution in [3.8, 4) is 0 Å². The van der Waals surface area contributed by atoms with E-state index in [1.54, 1.807) is 0 Å². The highest BCUT2D eigenvalue weighted by atomic mass is 16.2. The van der Waals surface area contributed by atoms with Crippen molar-refractivity contribution in [1.82, 2.24) is 4.90 Å². The molecule has 3 heteroatoms. The van der Waals surface area contributed by atoms with Crippen molar-refractivity contribution in [3.05, 3.63) is 29.3 Å². The van der Waals surface area contributed by atoms with Gasteiger partial charge in [-0.1, -0.05) is 25.5 Å². The molecule has 1 aliphatic heterocycles.